The summed E-state index contributed by atoms with van der Waals surface area (Å²) in [5.41, 5.74) is 4.58. The lowest BCUT2D eigenvalue weighted by molar-refractivity contribution is -0.138. The topological polar surface area (TPSA) is 105 Å². The number of hydrogen-bond acceptors (Lipinski definition) is 4. The van der Waals surface area contributed by atoms with Gasteiger partial charge in [0.15, 0.2) is 0 Å². The Morgan fingerprint density at radius 2 is 1.50 bits per heavy atom. The maximum atomic E-state index is 12.9. The normalized spacial score (nSPS) is 15.1. The van der Waals surface area contributed by atoms with E-state index in [1.54, 1.807) is 6.92 Å². The van der Waals surface area contributed by atoms with Crippen molar-refractivity contribution in [2.45, 2.75) is 58.5 Å². The van der Waals surface area contributed by atoms with Crippen LogP contribution in [0.4, 0.5) is 4.79 Å². The molecule has 3 atom stereocenters. The Hall–Kier alpha value is -3.35. The van der Waals surface area contributed by atoms with Crippen molar-refractivity contribution in [1.29, 1.82) is 0 Å². The van der Waals surface area contributed by atoms with Crippen LogP contribution in [0, 0.1) is 11.8 Å². The first-order valence-electron chi connectivity index (χ1n) is 11.9. The molecule has 0 heterocycles. The first-order valence-corrected chi connectivity index (χ1v) is 11.9. The summed E-state index contributed by atoms with van der Waals surface area (Å²) in [7, 11) is 0. The summed E-state index contributed by atoms with van der Waals surface area (Å²) in [6.07, 6.45) is -0.205. The molecule has 0 spiro atoms. The maximum Gasteiger partial charge on any atom is 0.407 e. The van der Waals surface area contributed by atoms with Gasteiger partial charge in [-0.25, -0.2) is 4.79 Å². The predicted molar refractivity (Wildman–Crippen MR) is 130 cm³/mol. The third-order valence-electron chi connectivity index (χ3n) is 6.51. The molecule has 0 aromatic heterocycles. The highest BCUT2D eigenvalue weighted by Crippen LogP contribution is 2.44. The van der Waals surface area contributed by atoms with Gasteiger partial charge >= 0.3 is 12.1 Å². The number of carbonyl (C=O) groups excluding carboxylic acids is 2. The van der Waals surface area contributed by atoms with Crippen LogP contribution in [0.15, 0.2) is 48.5 Å². The number of ether oxygens (including phenoxy) is 1. The Balaban J connectivity index is 1.62. The van der Waals surface area contributed by atoms with Gasteiger partial charge in [0, 0.05) is 18.0 Å². The van der Waals surface area contributed by atoms with E-state index in [0.717, 1.165) is 22.3 Å². The highest BCUT2D eigenvalue weighted by atomic mass is 16.5. The highest BCUT2D eigenvalue weighted by molar-refractivity contribution is 5.82. The maximum absolute atomic E-state index is 12.9. The van der Waals surface area contributed by atoms with Gasteiger partial charge in [-0.3, -0.25) is 9.59 Å². The molecular formula is C27H34N2O5. The van der Waals surface area contributed by atoms with Crippen molar-refractivity contribution in [2.24, 2.45) is 11.8 Å². The molecule has 7 nitrogen and oxygen atoms in total. The van der Waals surface area contributed by atoms with Crippen LogP contribution in [0.25, 0.3) is 11.1 Å². The molecule has 2 unspecified atom stereocenters. The molecule has 1 aliphatic carbocycles. The molecule has 3 N–H and O–H groups in total. The van der Waals surface area contributed by atoms with Gasteiger partial charge in [-0.15, -0.1) is 0 Å². The number of alkyl carbamates (subject to hydrolysis) is 1. The van der Waals surface area contributed by atoms with Crippen molar-refractivity contribution in [3.8, 4) is 11.1 Å². The number of nitrogens with one attached hydrogen (secondary N) is 2. The van der Waals surface area contributed by atoms with Gasteiger partial charge in [0.2, 0.25) is 5.91 Å². The van der Waals surface area contributed by atoms with Crippen LogP contribution in [0.3, 0.4) is 0 Å². The Morgan fingerprint density at radius 3 is 2.00 bits per heavy atom. The lowest BCUT2D eigenvalue weighted by Gasteiger charge is -2.29. The van der Waals surface area contributed by atoms with Gasteiger partial charge in [-0.1, -0.05) is 69.3 Å². The summed E-state index contributed by atoms with van der Waals surface area (Å²) < 4.78 is 5.62. The van der Waals surface area contributed by atoms with E-state index >= 15 is 0 Å². The molecule has 0 saturated heterocycles. The second kappa shape index (κ2) is 11.2. The molecule has 1 aliphatic rings. The van der Waals surface area contributed by atoms with Crippen molar-refractivity contribution in [1.82, 2.24) is 10.6 Å². The summed E-state index contributed by atoms with van der Waals surface area (Å²) in [6, 6.07) is 15.3. The van der Waals surface area contributed by atoms with E-state index in [0.29, 0.717) is 6.42 Å². The molecule has 34 heavy (non-hydrogen) atoms. The lowest BCUT2D eigenvalue weighted by atomic mass is 9.88. The number of rotatable bonds is 10. The second-order valence-electron chi connectivity index (χ2n) is 9.24. The third kappa shape index (κ3) is 5.76. The Labute approximate surface area is 200 Å². The molecule has 0 saturated carbocycles. The number of benzene rings is 2. The standard InChI is InChI=1S/C27H34N2O5/c1-5-18(14-24(30)31)29-26(32)25(16(2)3)17(4)28-27(33)34-15-23-21-12-8-6-10-19(21)20-11-7-9-13-22(20)23/h6-13,16-18,23,25H,5,14-15H2,1-4H3,(H,28,33)(H,29,32)(H,30,31)/t17?,18-,25?/m1/s1. The fraction of sp³-hybridized carbons (Fsp3) is 0.444. The zero-order chi connectivity index (χ0) is 24.8. The molecule has 2 aromatic rings. The zero-order valence-electron chi connectivity index (χ0n) is 20.2. The van der Waals surface area contributed by atoms with Crippen LogP contribution in [-0.4, -0.2) is 41.8 Å². The molecule has 0 fully saturated rings. The SMILES string of the molecule is CC[C@H](CC(=O)O)NC(=O)C(C(C)C)C(C)NC(=O)OCC1c2ccccc2-c2ccccc21. The summed E-state index contributed by atoms with van der Waals surface area (Å²) in [4.78, 5) is 36.6. The minimum absolute atomic E-state index is 0.0426. The number of amides is 2. The van der Waals surface area contributed by atoms with E-state index in [4.69, 9.17) is 9.84 Å². The average Bonchev–Trinajstić information content (AvgIpc) is 3.10. The highest BCUT2D eigenvalue weighted by Gasteiger charge is 2.32. The zero-order valence-corrected chi connectivity index (χ0v) is 20.2. The lowest BCUT2D eigenvalue weighted by Crippen LogP contribution is -2.50. The first-order chi connectivity index (χ1) is 16.2. The first kappa shape index (κ1) is 25.3. The number of aliphatic carboxylic acids is 1. The predicted octanol–water partition coefficient (Wildman–Crippen LogP) is 4.56. The van der Waals surface area contributed by atoms with Gasteiger partial charge in [0.05, 0.1) is 12.3 Å². The van der Waals surface area contributed by atoms with Crippen molar-refractivity contribution in [2.75, 3.05) is 6.61 Å². The third-order valence-corrected chi connectivity index (χ3v) is 6.51. The van der Waals surface area contributed by atoms with Gasteiger partial charge in [-0.05, 0) is 41.5 Å². The van der Waals surface area contributed by atoms with Crippen molar-refractivity contribution in [3.05, 3.63) is 59.7 Å². The van der Waals surface area contributed by atoms with Gasteiger partial charge in [0.25, 0.3) is 0 Å². The minimum Gasteiger partial charge on any atom is -0.481 e. The summed E-state index contributed by atoms with van der Waals surface area (Å²) >= 11 is 0. The molecule has 0 radical (unpaired) electrons. The molecule has 0 bridgehead atoms. The molecule has 2 aromatic carbocycles. The van der Waals surface area contributed by atoms with E-state index in [9.17, 15) is 14.4 Å². The van der Waals surface area contributed by atoms with Crippen molar-refractivity contribution >= 4 is 18.0 Å². The molecule has 0 aliphatic heterocycles. The van der Waals surface area contributed by atoms with Crippen LogP contribution in [0.5, 0.6) is 0 Å². The molecule has 7 heteroatoms. The average molecular weight is 467 g/mol. The van der Waals surface area contributed by atoms with Gasteiger partial charge < -0.3 is 20.5 Å². The Morgan fingerprint density at radius 1 is 0.941 bits per heavy atom. The van der Waals surface area contributed by atoms with Gasteiger partial charge in [0.1, 0.15) is 6.61 Å². The molecule has 182 valence electrons. The van der Waals surface area contributed by atoms with Crippen LogP contribution in [0.1, 0.15) is 57.6 Å². The van der Waals surface area contributed by atoms with Crippen LogP contribution in [-0.2, 0) is 14.3 Å². The summed E-state index contributed by atoms with van der Waals surface area (Å²) in [6.45, 7) is 7.60. The van der Waals surface area contributed by atoms with E-state index in [-0.39, 0.29) is 30.8 Å². The minimum atomic E-state index is -0.960. The molecule has 2 amide bonds. The Kier molecular flexibility index (Phi) is 8.31. The Bertz CT molecular complexity index is 990. The van der Waals surface area contributed by atoms with E-state index in [1.165, 1.54) is 0 Å². The number of carboxylic acids is 1. The number of carboxylic acid groups (broad SMARTS) is 1. The van der Waals surface area contributed by atoms with E-state index in [2.05, 4.69) is 34.9 Å². The smallest absolute Gasteiger partial charge is 0.407 e. The van der Waals surface area contributed by atoms with Crippen molar-refractivity contribution in [3.63, 3.8) is 0 Å². The summed E-state index contributed by atoms with van der Waals surface area (Å²) in [5, 5.41) is 14.7. The van der Waals surface area contributed by atoms with Crippen LogP contribution < -0.4 is 10.6 Å². The molecular weight excluding hydrogens is 432 g/mol. The van der Waals surface area contributed by atoms with E-state index in [1.807, 2.05) is 45.0 Å². The van der Waals surface area contributed by atoms with Gasteiger partial charge in [-0.2, -0.15) is 0 Å². The number of carbonyl (C=O) groups is 3. The van der Waals surface area contributed by atoms with Crippen LogP contribution >= 0.6 is 0 Å². The number of hydrogen-bond donors (Lipinski definition) is 3. The molecule has 3 rings (SSSR count). The monoisotopic (exact) mass is 466 g/mol. The van der Waals surface area contributed by atoms with E-state index < -0.39 is 30.1 Å². The summed E-state index contributed by atoms with van der Waals surface area (Å²) in [5.74, 6) is -1.86. The number of fused-ring (bicyclic) bond motifs is 3. The van der Waals surface area contributed by atoms with Crippen molar-refractivity contribution < 1.29 is 24.2 Å². The van der Waals surface area contributed by atoms with Crippen LogP contribution in [0.2, 0.25) is 0 Å². The quantitative estimate of drug-likeness (QED) is 0.476. The largest absolute Gasteiger partial charge is 0.481 e. The fourth-order valence-corrected chi connectivity index (χ4v) is 4.83. The second-order valence-corrected chi connectivity index (χ2v) is 9.24. The fourth-order valence-electron chi connectivity index (χ4n) is 4.83.